The first-order valence-corrected chi connectivity index (χ1v) is 15.9. The Hall–Kier alpha value is -5.80. The highest BCUT2D eigenvalue weighted by molar-refractivity contribution is 6.09. The normalized spacial score (nSPS) is 13.2. The molecule has 1 aliphatic carbocycles. The number of fused-ring (bicyclic) bond motifs is 6. The van der Waals surface area contributed by atoms with Crippen LogP contribution in [0.1, 0.15) is 25.0 Å². The van der Waals surface area contributed by atoms with Gasteiger partial charge in [-0.15, -0.1) is 0 Å². The maximum atomic E-state index is 5.29. The van der Waals surface area contributed by atoms with Gasteiger partial charge in [0.15, 0.2) is 5.82 Å². The van der Waals surface area contributed by atoms with Gasteiger partial charge in [0, 0.05) is 44.1 Å². The van der Waals surface area contributed by atoms with Crippen LogP contribution in [0.25, 0.3) is 72.5 Å². The minimum absolute atomic E-state index is 0.256. The molecule has 0 spiro atoms. The van der Waals surface area contributed by atoms with Gasteiger partial charge in [-0.25, -0.2) is 9.97 Å². The van der Waals surface area contributed by atoms with E-state index >= 15 is 0 Å². The third-order valence-corrected chi connectivity index (χ3v) is 9.58. The molecule has 218 valence electrons. The fourth-order valence-corrected chi connectivity index (χ4v) is 7.39. The Labute approximate surface area is 268 Å². The van der Waals surface area contributed by atoms with E-state index in [9.17, 15) is 0 Å². The van der Waals surface area contributed by atoms with Crippen molar-refractivity contribution in [2.45, 2.75) is 19.3 Å². The van der Waals surface area contributed by atoms with E-state index in [1.54, 1.807) is 0 Å². The van der Waals surface area contributed by atoms with Crippen molar-refractivity contribution in [3.8, 4) is 50.7 Å². The highest BCUT2D eigenvalue weighted by Crippen LogP contribution is 2.52. The number of rotatable bonds is 4. The second kappa shape index (κ2) is 10.1. The van der Waals surface area contributed by atoms with Crippen molar-refractivity contribution in [3.63, 3.8) is 0 Å². The zero-order valence-electron chi connectivity index (χ0n) is 25.8. The Morgan fingerprint density at radius 2 is 1.04 bits per heavy atom. The van der Waals surface area contributed by atoms with Crippen molar-refractivity contribution in [2.24, 2.45) is 0 Å². The molecule has 0 aliphatic heterocycles. The first-order chi connectivity index (χ1) is 22.6. The molecule has 0 N–H and O–H groups in total. The molecule has 46 heavy (non-hydrogen) atoms. The molecular formula is C43H31N3. The monoisotopic (exact) mass is 589 g/mol. The standard InChI is InChI=1S/C43H31N3/c1-43(2)36-25-24-31(30-18-13-19-32(26-30)46-37-22-11-9-20-33(37)34-21-10-12-23-38(34)46)27-35(36)41-39(43)40(28-14-5-3-6-15-28)44-42(45-41)29-16-7-4-8-17-29/h3-27H,1-2H3. The minimum atomic E-state index is -0.256. The molecule has 0 bridgehead atoms. The highest BCUT2D eigenvalue weighted by Gasteiger charge is 2.40. The van der Waals surface area contributed by atoms with Crippen molar-refractivity contribution in [3.05, 3.63) is 163 Å². The average molecular weight is 590 g/mol. The summed E-state index contributed by atoms with van der Waals surface area (Å²) in [5, 5.41) is 2.53. The quantitative estimate of drug-likeness (QED) is 0.204. The number of hydrogen-bond donors (Lipinski definition) is 0. The first kappa shape index (κ1) is 26.6. The highest BCUT2D eigenvalue weighted by atomic mass is 15.0. The number of nitrogens with zero attached hydrogens (tertiary/aromatic N) is 3. The molecule has 2 heterocycles. The third kappa shape index (κ3) is 3.98. The lowest BCUT2D eigenvalue weighted by molar-refractivity contribution is 0.658. The number of hydrogen-bond acceptors (Lipinski definition) is 2. The van der Waals surface area contributed by atoms with E-state index in [4.69, 9.17) is 9.97 Å². The predicted molar refractivity (Wildman–Crippen MR) is 190 cm³/mol. The molecule has 3 heteroatoms. The second-order valence-electron chi connectivity index (χ2n) is 12.7. The topological polar surface area (TPSA) is 30.7 Å². The third-order valence-electron chi connectivity index (χ3n) is 9.58. The van der Waals surface area contributed by atoms with Crippen LogP contribution in [0.2, 0.25) is 0 Å². The van der Waals surface area contributed by atoms with Crippen LogP contribution in [0, 0.1) is 0 Å². The van der Waals surface area contributed by atoms with E-state index in [2.05, 4.69) is 152 Å². The van der Waals surface area contributed by atoms with Gasteiger partial charge in [0.05, 0.1) is 22.4 Å². The largest absolute Gasteiger partial charge is 0.309 e. The van der Waals surface area contributed by atoms with Gasteiger partial charge in [0.1, 0.15) is 0 Å². The summed E-state index contributed by atoms with van der Waals surface area (Å²) in [5.74, 6) is 0.751. The van der Waals surface area contributed by atoms with Gasteiger partial charge in [0.2, 0.25) is 0 Å². The van der Waals surface area contributed by atoms with Crippen LogP contribution in [-0.4, -0.2) is 14.5 Å². The Balaban J connectivity index is 1.24. The Kier molecular flexibility index (Phi) is 5.85. The maximum Gasteiger partial charge on any atom is 0.160 e. The summed E-state index contributed by atoms with van der Waals surface area (Å²) in [6, 6.07) is 54.0. The van der Waals surface area contributed by atoms with E-state index < -0.39 is 0 Å². The van der Waals surface area contributed by atoms with Crippen LogP contribution < -0.4 is 0 Å². The summed E-state index contributed by atoms with van der Waals surface area (Å²) >= 11 is 0. The zero-order chi connectivity index (χ0) is 30.8. The van der Waals surface area contributed by atoms with Gasteiger partial charge in [-0.05, 0) is 47.0 Å². The summed E-state index contributed by atoms with van der Waals surface area (Å²) in [4.78, 5) is 10.5. The predicted octanol–water partition coefficient (Wildman–Crippen LogP) is 10.9. The van der Waals surface area contributed by atoms with Crippen LogP contribution in [-0.2, 0) is 5.41 Å². The van der Waals surface area contributed by atoms with Crippen LogP contribution in [0.15, 0.2) is 152 Å². The molecule has 0 saturated heterocycles. The second-order valence-corrected chi connectivity index (χ2v) is 12.7. The molecule has 2 aromatic heterocycles. The van der Waals surface area contributed by atoms with Crippen molar-refractivity contribution >= 4 is 21.8 Å². The fourth-order valence-electron chi connectivity index (χ4n) is 7.39. The van der Waals surface area contributed by atoms with Crippen molar-refractivity contribution < 1.29 is 0 Å². The molecular weight excluding hydrogens is 558 g/mol. The molecule has 3 nitrogen and oxygen atoms in total. The van der Waals surface area contributed by atoms with E-state index in [0.717, 1.165) is 34.0 Å². The average Bonchev–Trinajstić information content (AvgIpc) is 3.57. The van der Waals surface area contributed by atoms with Crippen LogP contribution in [0.3, 0.4) is 0 Å². The zero-order valence-corrected chi connectivity index (χ0v) is 25.8. The smallest absolute Gasteiger partial charge is 0.160 e. The summed E-state index contributed by atoms with van der Waals surface area (Å²) < 4.78 is 2.38. The molecule has 0 radical (unpaired) electrons. The van der Waals surface area contributed by atoms with E-state index in [1.165, 1.54) is 49.6 Å². The molecule has 8 aromatic rings. The van der Waals surface area contributed by atoms with Gasteiger partial charge < -0.3 is 4.57 Å². The number of benzene rings is 6. The van der Waals surface area contributed by atoms with Gasteiger partial charge in [-0.1, -0.05) is 135 Å². The molecule has 0 unspecified atom stereocenters. The maximum absolute atomic E-state index is 5.29. The molecule has 6 aromatic carbocycles. The summed E-state index contributed by atoms with van der Waals surface area (Å²) in [6.07, 6.45) is 0. The number of para-hydroxylation sites is 2. The van der Waals surface area contributed by atoms with Crippen molar-refractivity contribution in [2.75, 3.05) is 0 Å². The van der Waals surface area contributed by atoms with Gasteiger partial charge >= 0.3 is 0 Å². The van der Waals surface area contributed by atoms with Crippen molar-refractivity contribution in [1.29, 1.82) is 0 Å². The van der Waals surface area contributed by atoms with Gasteiger partial charge in [-0.2, -0.15) is 0 Å². The van der Waals surface area contributed by atoms with E-state index in [1.807, 2.05) is 18.2 Å². The SMILES string of the molecule is CC1(C)c2ccc(-c3cccc(-n4c5ccccc5c5ccccc54)c3)cc2-c2nc(-c3ccccc3)nc(-c3ccccc3)c21. The summed E-state index contributed by atoms with van der Waals surface area (Å²) in [7, 11) is 0. The Morgan fingerprint density at radius 1 is 0.478 bits per heavy atom. The molecule has 0 fully saturated rings. The Morgan fingerprint density at radius 3 is 1.74 bits per heavy atom. The molecule has 1 aliphatic rings. The van der Waals surface area contributed by atoms with Crippen LogP contribution in [0.4, 0.5) is 0 Å². The van der Waals surface area contributed by atoms with E-state index in [-0.39, 0.29) is 5.41 Å². The lowest BCUT2D eigenvalue weighted by atomic mass is 9.80. The lowest BCUT2D eigenvalue weighted by Gasteiger charge is -2.24. The first-order valence-electron chi connectivity index (χ1n) is 15.9. The summed E-state index contributed by atoms with van der Waals surface area (Å²) in [6.45, 7) is 4.61. The molecule has 9 rings (SSSR count). The molecule has 0 atom stereocenters. The van der Waals surface area contributed by atoms with Gasteiger partial charge in [0.25, 0.3) is 0 Å². The van der Waals surface area contributed by atoms with E-state index in [0.29, 0.717) is 0 Å². The molecule has 0 amide bonds. The summed E-state index contributed by atoms with van der Waals surface area (Å²) in [5.41, 5.74) is 13.5. The van der Waals surface area contributed by atoms with Crippen LogP contribution in [0.5, 0.6) is 0 Å². The lowest BCUT2D eigenvalue weighted by Crippen LogP contribution is -2.17. The van der Waals surface area contributed by atoms with Crippen LogP contribution >= 0.6 is 0 Å². The molecule has 0 saturated carbocycles. The Bertz CT molecular complexity index is 2380. The number of aromatic nitrogens is 3. The minimum Gasteiger partial charge on any atom is -0.309 e. The van der Waals surface area contributed by atoms with Crippen molar-refractivity contribution in [1.82, 2.24) is 14.5 Å². The van der Waals surface area contributed by atoms with Gasteiger partial charge in [-0.3, -0.25) is 0 Å². The fraction of sp³-hybridized carbons (Fsp3) is 0.0698.